The SMILES string of the molecule is Cc1c(Cl)cccc1N1C(=O)C[C@@H](Nc2cccc(F)c2)C1=O. The number of nitrogens with zero attached hydrogens (tertiary/aromatic N) is 1. The zero-order chi connectivity index (χ0) is 16.6. The summed E-state index contributed by atoms with van der Waals surface area (Å²) in [5.74, 6) is -1.09. The van der Waals surface area contributed by atoms with Crippen molar-refractivity contribution in [2.45, 2.75) is 19.4 Å². The number of hydrogen-bond donors (Lipinski definition) is 1. The van der Waals surface area contributed by atoms with E-state index in [2.05, 4.69) is 5.32 Å². The normalized spacial score (nSPS) is 17.7. The maximum atomic E-state index is 13.2. The number of nitrogens with one attached hydrogen (secondary N) is 1. The van der Waals surface area contributed by atoms with Crippen molar-refractivity contribution < 1.29 is 14.0 Å². The predicted molar refractivity (Wildman–Crippen MR) is 87.1 cm³/mol. The van der Waals surface area contributed by atoms with E-state index in [1.54, 1.807) is 31.2 Å². The molecule has 3 rings (SSSR count). The highest BCUT2D eigenvalue weighted by Crippen LogP contribution is 2.31. The predicted octanol–water partition coefficient (Wildman–Crippen LogP) is 3.53. The van der Waals surface area contributed by atoms with Crippen LogP contribution in [0.3, 0.4) is 0 Å². The number of carbonyl (C=O) groups excluding carboxylic acids is 2. The van der Waals surface area contributed by atoms with E-state index in [1.165, 1.54) is 18.2 Å². The van der Waals surface area contributed by atoms with Crippen molar-refractivity contribution in [1.29, 1.82) is 0 Å². The Bertz CT molecular complexity index is 794. The minimum absolute atomic E-state index is 0.0152. The molecular weight excluding hydrogens is 319 g/mol. The van der Waals surface area contributed by atoms with Gasteiger partial charge < -0.3 is 5.32 Å². The zero-order valence-electron chi connectivity index (χ0n) is 12.3. The molecule has 1 fully saturated rings. The van der Waals surface area contributed by atoms with Crippen LogP contribution in [0.15, 0.2) is 42.5 Å². The van der Waals surface area contributed by atoms with Gasteiger partial charge in [-0.1, -0.05) is 23.7 Å². The third kappa shape index (κ3) is 2.92. The highest BCUT2D eigenvalue weighted by molar-refractivity contribution is 6.32. The number of rotatable bonds is 3. The summed E-state index contributed by atoms with van der Waals surface area (Å²) >= 11 is 6.06. The van der Waals surface area contributed by atoms with Crippen LogP contribution in [-0.4, -0.2) is 17.9 Å². The van der Waals surface area contributed by atoms with Gasteiger partial charge in [-0.3, -0.25) is 9.59 Å². The summed E-state index contributed by atoms with van der Waals surface area (Å²) in [6.07, 6.45) is 0.0152. The first-order chi connectivity index (χ1) is 11.0. The third-order valence-corrected chi connectivity index (χ3v) is 4.20. The van der Waals surface area contributed by atoms with Gasteiger partial charge in [0.05, 0.1) is 12.1 Å². The van der Waals surface area contributed by atoms with Crippen molar-refractivity contribution in [3.63, 3.8) is 0 Å². The summed E-state index contributed by atoms with van der Waals surface area (Å²) in [6.45, 7) is 1.76. The van der Waals surface area contributed by atoms with Gasteiger partial charge in [-0.05, 0) is 42.8 Å². The molecule has 0 aliphatic carbocycles. The number of anilines is 2. The molecule has 0 bridgehead atoms. The lowest BCUT2D eigenvalue weighted by atomic mass is 10.2. The highest BCUT2D eigenvalue weighted by Gasteiger charge is 2.40. The summed E-state index contributed by atoms with van der Waals surface area (Å²) in [4.78, 5) is 26.0. The van der Waals surface area contributed by atoms with Crippen molar-refractivity contribution in [2.75, 3.05) is 10.2 Å². The van der Waals surface area contributed by atoms with Crippen LogP contribution in [0.2, 0.25) is 5.02 Å². The number of amides is 2. The molecule has 1 saturated heterocycles. The standard InChI is InChI=1S/C17H14ClFN2O2/c1-10-13(18)6-3-7-15(10)21-16(22)9-14(17(21)23)20-12-5-2-4-11(19)8-12/h2-8,14,20H,9H2,1H3/t14-/m1/s1. The van der Waals surface area contributed by atoms with Gasteiger partial charge in [0.25, 0.3) is 5.91 Å². The lowest BCUT2D eigenvalue weighted by Crippen LogP contribution is -2.35. The number of halogens is 2. The van der Waals surface area contributed by atoms with Crippen molar-refractivity contribution in [3.8, 4) is 0 Å². The van der Waals surface area contributed by atoms with Gasteiger partial charge in [-0.15, -0.1) is 0 Å². The molecule has 0 unspecified atom stereocenters. The van der Waals surface area contributed by atoms with Crippen LogP contribution >= 0.6 is 11.6 Å². The fourth-order valence-electron chi connectivity index (χ4n) is 2.62. The number of carbonyl (C=O) groups is 2. The molecule has 4 nitrogen and oxygen atoms in total. The first-order valence-corrected chi connectivity index (χ1v) is 7.49. The molecule has 1 heterocycles. The first kappa shape index (κ1) is 15.5. The smallest absolute Gasteiger partial charge is 0.256 e. The molecule has 2 amide bonds. The lowest BCUT2D eigenvalue weighted by Gasteiger charge is -2.18. The van der Waals surface area contributed by atoms with E-state index in [9.17, 15) is 14.0 Å². The van der Waals surface area contributed by atoms with Gasteiger partial charge in [0.15, 0.2) is 0 Å². The van der Waals surface area contributed by atoms with Gasteiger partial charge in [0.2, 0.25) is 5.91 Å². The molecule has 23 heavy (non-hydrogen) atoms. The molecule has 1 aliphatic heterocycles. The Labute approximate surface area is 137 Å². The van der Waals surface area contributed by atoms with Gasteiger partial charge in [-0.2, -0.15) is 0 Å². The number of benzene rings is 2. The van der Waals surface area contributed by atoms with E-state index in [1.807, 2.05) is 0 Å². The Balaban J connectivity index is 1.87. The summed E-state index contributed by atoms with van der Waals surface area (Å²) in [7, 11) is 0. The summed E-state index contributed by atoms with van der Waals surface area (Å²) in [6, 6.07) is 10.1. The second-order valence-electron chi connectivity index (χ2n) is 5.36. The third-order valence-electron chi connectivity index (χ3n) is 3.79. The molecule has 0 aromatic heterocycles. The molecule has 2 aromatic carbocycles. The Hall–Kier alpha value is -2.40. The molecule has 0 spiro atoms. The van der Waals surface area contributed by atoms with Crippen LogP contribution in [0.5, 0.6) is 0 Å². The van der Waals surface area contributed by atoms with Gasteiger partial charge in [0, 0.05) is 10.7 Å². The maximum absolute atomic E-state index is 13.2. The number of imide groups is 1. The van der Waals surface area contributed by atoms with Crippen LogP contribution in [-0.2, 0) is 9.59 Å². The largest absolute Gasteiger partial charge is 0.373 e. The van der Waals surface area contributed by atoms with Crippen molar-refractivity contribution >= 4 is 34.8 Å². The highest BCUT2D eigenvalue weighted by atomic mass is 35.5. The second kappa shape index (κ2) is 6.01. The zero-order valence-corrected chi connectivity index (χ0v) is 13.1. The van der Waals surface area contributed by atoms with Crippen molar-refractivity contribution in [1.82, 2.24) is 0 Å². The molecule has 2 aromatic rings. The average molecular weight is 333 g/mol. The van der Waals surface area contributed by atoms with Crippen molar-refractivity contribution in [3.05, 3.63) is 58.9 Å². The lowest BCUT2D eigenvalue weighted by molar-refractivity contribution is -0.121. The minimum Gasteiger partial charge on any atom is -0.373 e. The van der Waals surface area contributed by atoms with E-state index in [0.29, 0.717) is 22.0 Å². The monoisotopic (exact) mass is 332 g/mol. The van der Waals surface area contributed by atoms with Crippen LogP contribution in [0.4, 0.5) is 15.8 Å². The summed E-state index contributed by atoms with van der Waals surface area (Å²) in [5.41, 5.74) is 1.61. The fourth-order valence-corrected chi connectivity index (χ4v) is 2.79. The molecule has 1 atom stereocenters. The molecular formula is C17H14ClFN2O2. The topological polar surface area (TPSA) is 49.4 Å². The van der Waals surface area contributed by atoms with Crippen molar-refractivity contribution in [2.24, 2.45) is 0 Å². The molecule has 6 heteroatoms. The van der Waals surface area contributed by atoms with Crippen LogP contribution in [0.1, 0.15) is 12.0 Å². The van der Waals surface area contributed by atoms with Gasteiger partial charge in [0.1, 0.15) is 11.9 Å². The summed E-state index contributed by atoms with van der Waals surface area (Å²) < 4.78 is 13.2. The first-order valence-electron chi connectivity index (χ1n) is 7.11. The Kier molecular flexibility index (Phi) is 4.05. The van der Waals surface area contributed by atoms with E-state index in [-0.39, 0.29) is 18.2 Å². The Morgan fingerprint density at radius 1 is 1.22 bits per heavy atom. The van der Waals surface area contributed by atoms with Gasteiger partial charge >= 0.3 is 0 Å². The van der Waals surface area contributed by atoms with Crippen LogP contribution in [0.25, 0.3) is 0 Å². The molecule has 0 saturated carbocycles. The minimum atomic E-state index is -0.720. The van der Waals surface area contributed by atoms with Crippen LogP contribution in [0, 0.1) is 12.7 Å². The second-order valence-corrected chi connectivity index (χ2v) is 5.77. The molecule has 1 N–H and O–H groups in total. The van der Waals surface area contributed by atoms with E-state index >= 15 is 0 Å². The van der Waals surface area contributed by atoms with E-state index in [0.717, 1.165) is 4.90 Å². The Morgan fingerprint density at radius 2 is 1.96 bits per heavy atom. The average Bonchev–Trinajstić information content (AvgIpc) is 2.77. The quantitative estimate of drug-likeness (QED) is 0.875. The van der Waals surface area contributed by atoms with E-state index < -0.39 is 11.9 Å². The number of hydrogen-bond acceptors (Lipinski definition) is 3. The molecule has 0 radical (unpaired) electrons. The summed E-state index contributed by atoms with van der Waals surface area (Å²) in [5, 5.41) is 3.40. The molecule has 118 valence electrons. The Morgan fingerprint density at radius 3 is 2.70 bits per heavy atom. The molecule has 1 aliphatic rings. The maximum Gasteiger partial charge on any atom is 0.256 e. The fraction of sp³-hybridized carbons (Fsp3) is 0.176. The van der Waals surface area contributed by atoms with Gasteiger partial charge in [-0.25, -0.2) is 9.29 Å². The van der Waals surface area contributed by atoms with Crippen LogP contribution < -0.4 is 10.2 Å². The van der Waals surface area contributed by atoms with E-state index in [4.69, 9.17) is 11.6 Å².